The van der Waals surface area contributed by atoms with Crippen LogP contribution >= 0.6 is 0 Å². The van der Waals surface area contributed by atoms with Gasteiger partial charge in [-0.3, -0.25) is 4.79 Å². The van der Waals surface area contributed by atoms with E-state index in [0.29, 0.717) is 0 Å². The lowest BCUT2D eigenvalue weighted by atomic mass is 10.7. The van der Waals surface area contributed by atoms with E-state index in [1.807, 2.05) is 0 Å². The third kappa shape index (κ3) is 5.43. The van der Waals surface area contributed by atoms with Crippen LogP contribution in [0.1, 0.15) is 13.3 Å². The molecule has 0 aromatic rings. The second-order valence-corrected chi connectivity index (χ2v) is 1.45. The predicted molar refractivity (Wildman–Crippen MR) is 23.9 cm³/mol. The van der Waals surface area contributed by atoms with Gasteiger partial charge in [-0.25, -0.2) is 0 Å². The second-order valence-electron chi connectivity index (χ2n) is 1.45. The maximum absolute atomic E-state index is 9.65. The van der Waals surface area contributed by atoms with E-state index in [4.69, 9.17) is 10.2 Å². The number of aliphatic carboxylic acids is 1. The molecular weight excluding hydrogens is 98.0 g/mol. The van der Waals surface area contributed by atoms with E-state index in [9.17, 15) is 4.79 Å². The fourth-order valence-corrected chi connectivity index (χ4v) is 0.253. The Morgan fingerprint density at radius 3 is 2.29 bits per heavy atom. The van der Waals surface area contributed by atoms with Crippen LogP contribution in [0.15, 0.2) is 0 Å². The number of aliphatic hydroxyl groups excluding tert-OH is 1. The van der Waals surface area contributed by atoms with Gasteiger partial charge in [0.1, 0.15) is 0 Å². The van der Waals surface area contributed by atoms with Crippen molar-refractivity contribution in [2.75, 3.05) is 0 Å². The number of carbonyl (C=O) groups is 1. The van der Waals surface area contributed by atoms with Gasteiger partial charge in [-0.1, -0.05) is 0 Å². The Bertz CT molecular complexity index is 67.3. The first-order valence-electron chi connectivity index (χ1n) is 2.03. The van der Waals surface area contributed by atoms with Gasteiger partial charge in [-0.2, -0.15) is 0 Å². The average Bonchev–Trinajstić information content (AvgIpc) is 1.27. The zero-order valence-electron chi connectivity index (χ0n) is 4.09. The van der Waals surface area contributed by atoms with E-state index in [2.05, 4.69) is 0 Å². The Kier molecular flexibility index (Phi) is 2.37. The average molecular weight is 106 g/mol. The van der Waals surface area contributed by atoms with Crippen LogP contribution in [0.5, 0.6) is 0 Å². The maximum Gasteiger partial charge on any atom is 0.305 e. The van der Waals surface area contributed by atoms with E-state index < -0.39 is 12.1 Å². The van der Waals surface area contributed by atoms with Gasteiger partial charge >= 0.3 is 5.97 Å². The van der Waals surface area contributed by atoms with Gasteiger partial charge < -0.3 is 10.2 Å². The highest BCUT2D eigenvalue weighted by Gasteiger charge is 2.00. The van der Waals surface area contributed by atoms with Gasteiger partial charge in [0.25, 0.3) is 0 Å². The summed E-state index contributed by atoms with van der Waals surface area (Å²) < 4.78 is 0. The van der Waals surface area contributed by atoms with Crippen molar-refractivity contribution in [2.45, 2.75) is 19.4 Å². The van der Waals surface area contributed by atoms with E-state index in [0.717, 1.165) is 0 Å². The topological polar surface area (TPSA) is 57.5 Å². The lowest BCUT2D eigenvalue weighted by Gasteiger charge is -1.94. The van der Waals surface area contributed by atoms with Crippen LogP contribution in [0, 0.1) is 0 Å². The fourth-order valence-electron chi connectivity index (χ4n) is 0.253. The first-order valence-corrected chi connectivity index (χ1v) is 2.03. The number of aliphatic hydroxyl groups is 1. The van der Waals surface area contributed by atoms with Crippen molar-refractivity contribution in [3.05, 3.63) is 0 Å². The number of rotatable bonds is 2. The fraction of sp³-hybridized carbons (Fsp3) is 0.750. The van der Waals surface area contributed by atoms with Crippen molar-refractivity contribution in [2.24, 2.45) is 0 Å². The summed E-state index contributed by atoms with van der Waals surface area (Å²) in [4.78, 5) is 9.65. The molecule has 0 spiro atoms. The SMILES string of the molecule is C[13C@@H](O)C[13C](=O)O. The highest BCUT2D eigenvalue weighted by atomic mass is 16.5. The van der Waals surface area contributed by atoms with Gasteiger partial charge in [0, 0.05) is 0 Å². The summed E-state index contributed by atoms with van der Waals surface area (Å²) in [6.07, 6.45) is -0.891. The normalized spacial score (nSPS) is 13.4. The quantitative estimate of drug-likeness (QED) is 0.481. The van der Waals surface area contributed by atoms with Crippen molar-refractivity contribution in [1.82, 2.24) is 0 Å². The molecule has 3 heteroatoms. The van der Waals surface area contributed by atoms with E-state index in [1.165, 1.54) is 6.92 Å². The van der Waals surface area contributed by atoms with E-state index in [-0.39, 0.29) is 6.42 Å². The minimum absolute atomic E-state index is 0.167. The molecule has 1 atom stereocenters. The number of hydrogen-bond acceptors (Lipinski definition) is 2. The molecular formula is C4H8O3. The zero-order chi connectivity index (χ0) is 5.86. The van der Waals surface area contributed by atoms with Crippen molar-refractivity contribution < 1.29 is 15.0 Å². The molecule has 7 heavy (non-hydrogen) atoms. The Morgan fingerprint density at radius 2 is 2.29 bits per heavy atom. The van der Waals surface area contributed by atoms with Gasteiger partial charge in [-0.15, -0.1) is 0 Å². The molecule has 0 saturated carbocycles. The molecule has 0 saturated heterocycles. The van der Waals surface area contributed by atoms with E-state index >= 15 is 0 Å². The molecule has 0 fully saturated rings. The molecule has 0 aliphatic heterocycles. The summed E-state index contributed by atoms with van der Waals surface area (Å²) in [7, 11) is 0. The smallest absolute Gasteiger partial charge is 0.305 e. The second kappa shape index (κ2) is 2.58. The molecule has 0 radical (unpaired) electrons. The maximum atomic E-state index is 9.65. The standard InChI is InChI=1S/C4H8O3/c1-3(5)2-4(6)7/h3,5H,2H2,1H3,(H,6,7)/t3-/m1/s1/i3+1,4+1. The Balaban J connectivity index is 3.13. The minimum Gasteiger partial charge on any atom is -0.481 e. The molecule has 42 valence electrons. The van der Waals surface area contributed by atoms with Crippen molar-refractivity contribution in [3.63, 3.8) is 0 Å². The summed E-state index contributed by atoms with van der Waals surface area (Å²) in [5.41, 5.74) is 0. The van der Waals surface area contributed by atoms with Crippen molar-refractivity contribution >= 4 is 5.97 Å². The largest absolute Gasteiger partial charge is 0.481 e. The molecule has 0 aromatic heterocycles. The molecule has 2 N–H and O–H groups in total. The summed E-state index contributed by atoms with van der Waals surface area (Å²) in [5.74, 6) is -0.963. The van der Waals surface area contributed by atoms with E-state index in [1.54, 1.807) is 0 Å². The first-order chi connectivity index (χ1) is 3.13. The van der Waals surface area contributed by atoms with Crippen LogP contribution < -0.4 is 0 Å². The number of carboxylic acids is 1. The van der Waals surface area contributed by atoms with Crippen LogP contribution in [-0.4, -0.2) is 22.3 Å². The van der Waals surface area contributed by atoms with Crippen LogP contribution in [-0.2, 0) is 4.79 Å². The van der Waals surface area contributed by atoms with Crippen molar-refractivity contribution in [3.8, 4) is 0 Å². The predicted octanol–water partition coefficient (Wildman–Crippen LogP) is -0.158. The molecule has 0 amide bonds. The summed E-state index contributed by atoms with van der Waals surface area (Å²) >= 11 is 0. The summed E-state index contributed by atoms with van der Waals surface area (Å²) in [6, 6.07) is 0. The molecule has 0 unspecified atom stereocenters. The molecule has 0 aliphatic rings. The summed E-state index contributed by atoms with van der Waals surface area (Å²) in [6.45, 7) is 1.44. The third-order valence-corrected chi connectivity index (χ3v) is 0.470. The Morgan fingerprint density at radius 1 is 1.86 bits per heavy atom. The van der Waals surface area contributed by atoms with Gasteiger partial charge in [0.05, 0.1) is 12.5 Å². The third-order valence-electron chi connectivity index (χ3n) is 0.470. The number of hydrogen-bond donors (Lipinski definition) is 2. The lowest BCUT2D eigenvalue weighted by Crippen LogP contribution is -2.07. The monoisotopic (exact) mass is 106 g/mol. The van der Waals surface area contributed by atoms with Crippen LogP contribution in [0.3, 0.4) is 0 Å². The molecule has 0 aromatic carbocycles. The first kappa shape index (κ1) is 6.43. The number of carboxylic acid groups (broad SMARTS) is 1. The highest BCUT2D eigenvalue weighted by molar-refractivity contribution is 5.67. The molecule has 0 bridgehead atoms. The van der Waals surface area contributed by atoms with Crippen molar-refractivity contribution in [1.29, 1.82) is 0 Å². The lowest BCUT2D eigenvalue weighted by molar-refractivity contribution is -0.138. The van der Waals surface area contributed by atoms with Gasteiger partial charge in [0.15, 0.2) is 0 Å². The van der Waals surface area contributed by atoms with Crippen LogP contribution in [0.4, 0.5) is 0 Å². The zero-order valence-corrected chi connectivity index (χ0v) is 4.09. The van der Waals surface area contributed by atoms with Gasteiger partial charge in [-0.05, 0) is 6.92 Å². The molecule has 0 heterocycles. The molecule has 0 aliphatic carbocycles. The minimum atomic E-state index is -0.963. The summed E-state index contributed by atoms with van der Waals surface area (Å²) in [5, 5.41) is 16.3. The van der Waals surface area contributed by atoms with Crippen LogP contribution in [0.2, 0.25) is 0 Å². The van der Waals surface area contributed by atoms with Gasteiger partial charge in [0.2, 0.25) is 0 Å². The Hall–Kier alpha value is -0.570. The van der Waals surface area contributed by atoms with Crippen LogP contribution in [0.25, 0.3) is 0 Å². The Labute approximate surface area is 41.6 Å². The highest BCUT2D eigenvalue weighted by Crippen LogP contribution is 1.85. The molecule has 3 nitrogen and oxygen atoms in total. The molecule has 0 rings (SSSR count).